The number of carbonyl (C=O) groups is 1. The fourth-order valence-electron chi connectivity index (χ4n) is 4.17. The fraction of sp³-hybridized carbons (Fsp3) is 0.167. The van der Waals surface area contributed by atoms with E-state index in [-0.39, 0.29) is 16.9 Å². The van der Waals surface area contributed by atoms with Crippen molar-refractivity contribution < 1.29 is 4.79 Å². The molecule has 0 aliphatic rings. The quantitative estimate of drug-likeness (QED) is 0.209. The molecule has 5 N–H and O–H groups in total. The van der Waals surface area contributed by atoms with Gasteiger partial charge in [-0.25, -0.2) is 9.97 Å². The molecule has 0 radical (unpaired) electrons. The van der Waals surface area contributed by atoms with Gasteiger partial charge in [-0.05, 0) is 37.1 Å². The zero-order valence-electron chi connectivity index (χ0n) is 23.0. The molecule has 0 bridgehead atoms. The van der Waals surface area contributed by atoms with Gasteiger partial charge in [-0.1, -0.05) is 43.2 Å². The van der Waals surface area contributed by atoms with E-state index >= 15 is 0 Å². The van der Waals surface area contributed by atoms with Gasteiger partial charge in [0.2, 0.25) is 0 Å². The highest BCUT2D eigenvalue weighted by Crippen LogP contribution is 2.20. The third kappa shape index (κ3) is 6.34. The summed E-state index contributed by atoms with van der Waals surface area (Å²) in [4.78, 5) is 34.3. The summed E-state index contributed by atoms with van der Waals surface area (Å²) in [5.41, 5.74) is 13.0. The second-order valence-corrected chi connectivity index (χ2v) is 10.1. The topological polar surface area (TPSA) is 147 Å². The molecule has 0 aliphatic heterocycles. The number of nitrogens with one attached hydrogen (secondary N) is 1. The maximum Gasteiger partial charge on any atom is 0.267 e. The van der Waals surface area contributed by atoms with E-state index < -0.39 is 5.91 Å². The summed E-state index contributed by atoms with van der Waals surface area (Å²) in [5.74, 6) is 7.04. The molecule has 0 atom stereocenters. The van der Waals surface area contributed by atoms with E-state index in [1.165, 1.54) is 16.0 Å². The number of nitrogens with zero attached hydrogens (tertiary/aromatic N) is 5. The molecule has 3 heterocycles. The Balaban J connectivity index is 0.000000234. The normalized spacial score (nSPS) is 10.3. The number of nitrogens with two attached hydrogens (primary N) is 2. The molecule has 0 spiro atoms. The number of primary amides is 1. The number of anilines is 2. The van der Waals surface area contributed by atoms with Crippen molar-refractivity contribution in [2.75, 3.05) is 17.6 Å². The van der Waals surface area contributed by atoms with Crippen LogP contribution in [0.4, 0.5) is 11.6 Å². The van der Waals surface area contributed by atoms with Gasteiger partial charge in [0.05, 0.1) is 32.7 Å². The van der Waals surface area contributed by atoms with Crippen LogP contribution < -0.4 is 22.3 Å². The van der Waals surface area contributed by atoms with Crippen LogP contribution in [0.5, 0.6) is 0 Å². The lowest BCUT2D eigenvalue weighted by Gasteiger charge is -2.13. The van der Waals surface area contributed by atoms with Gasteiger partial charge in [-0.15, -0.1) is 17.9 Å². The van der Waals surface area contributed by atoms with E-state index in [9.17, 15) is 9.59 Å². The van der Waals surface area contributed by atoms with Crippen LogP contribution in [0.25, 0.3) is 16.6 Å². The summed E-state index contributed by atoms with van der Waals surface area (Å²) in [5, 5.41) is 8.34. The summed E-state index contributed by atoms with van der Waals surface area (Å²) in [6, 6.07) is 15.2. The van der Waals surface area contributed by atoms with Crippen LogP contribution in [0.1, 0.15) is 38.6 Å². The smallest absolute Gasteiger partial charge is 0.267 e. The fourth-order valence-corrected chi connectivity index (χ4v) is 4.80. The maximum atomic E-state index is 13.4. The lowest BCUT2D eigenvalue weighted by Crippen LogP contribution is -2.24. The maximum absolute atomic E-state index is 13.4. The number of hydrogen-bond donors (Lipinski definition) is 3. The molecule has 10 nitrogen and oxygen atoms in total. The number of thiazole rings is 1. The average Bonchev–Trinajstić information content (AvgIpc) is 3.51. The average molecular weight is 567 g/mol. The molecule has 0 saturated carbocycles. The predicted octanol–water partition coefficient (Wildman–Crippen LogP) is 3.81. The van der Waals surface area contributed by atoms with Gasteiger partial charge in [0, 0.05) is 25.6 Å². The number of hydrogen-bond acceptors (Lipinski definition) is 8. The molecule has 0 aliphatic carbocycles. The molecule has 3 aromatic heterocycles. The Hall–Kier alpha value is -5.21. The van der Waals surface area contributed by atoms with Crippen LogP contribution in [0.3, 0.4) is 0 Å². The summed E-state index contributed by atoms with van der Waals surface area (Å²) >= 11 is 1.54. The summed E-state index contributed by atoms with van der Waals surface area (Å²) in [6.07, 6.45) is 4.08. The molecule has 2 aromatic carbocycles. The van der Waals surface area contributed by atoms with Gasteiger partial charge in [-0.3, -0.25) is 18.8 Å². The third-order valence-corrected chi connectivity index (χ3v) is 6.80. The number of fused-ring (bicyclic) bond motifs is 1. The van der Waals surface area contributed by atoms with Crippen molar-refractivity contribution in [3.8, 4) is 17.5 Å². The summed E-state index contributed by atoms with van der Waals surface area (Å²) in [6.45, 7) is 8.01. The van der Waals surface area contributed by atoms with E-state index in [1.54, 1.807) is 23.9 Å². The second kappa shape index (κ2) is 12.8. The number of carbonyl (C=O) groups excluding carboxylic acids is 1. The Bertz CT molecular complexity index is 1840. The molecular weight excluding hydrogens is 536 g/mol. The van der Waals surface area contributed by atoms with Crippen molar-refractivity contribution in [3.05, 3.63) is 105 Å². The van der Waals surface area contributed by atoms with E-state index in [0.717, 1.165) is 21.4 Å². The Morgan fingerprint density at radius 2 is 1.93 bits per heavy atom. The van der Waals surface area contributed by atoms with Gasteiger partial charge >= 0.3 is 0 Å². The minimum absolute atomic E-state index is 0.0894. The van der Waals surface area contributed by atoms with Crippen molar-refractivity contribution in [1.82, 2.24) is 24.3 Å². The molecular formula is C30H30N8O2S. The molecule has 0 fully saturated rings. The van der Waals surface area contributed by atoms with Gasteiger partial charge in [0.25, 0.3) is 11.5 Å². The van der Waals surface area contributed by atoms with E-state index in [4.69, 9.17) is 16.5 Å². The minimum Gasteiger partial charge on any atom is -0.381 e. The first-order valence-electron chi connectivity index (χ1n) is 12.8. The Labute approximate surface area is 241 Å². The number of aromatic nitrogens is 5. The SMILES string of the molecule is C=CCNc1c(C(N)=O)c(N)nn1C.CCc1nc2cccc(C#Cc3cnc(C)s3)c2c(=O)n1-c1ccccc1. The molecule has 0 saturated heterocycles. The van der Waals surface area contributed by atoms with Crippen molar-refractivity contribution in [2.24, 2.45) is 12.8 Å². The number of rotatable bonds is 6. The number of aryl methyl sites for hydroxylation is 3. The van der Waals surface area contributed by atoms with Crippen LogP contribution in [-0.2, 0) is 13.5 Å². The van der Waals surface area contributed by atoms with Crippen molar-refractivity contribution in [1.29, 1.82) is 0 Å². The highest BCUT2D eigenvalue weighted by atomic mass is 32.1. The Kier molecular flexibility index (Phi) is 8.96. The molecule has 5 aromatic rings. The molecule has 41 heavy (non-hydrogen) atoms. The van der Waals surface area contributed by atoms with Crippen LogP contribution in [0, 0.1) is 18.8 Å². The number of para-hydroxylation sites is 1. The highest BCUT2D eigenvalue weighted by Gasteiger charge is 2.18. The monoisotopic (exact) mass is 566 g/mol. The zero-order chi connectivity index (χ0) is 29.5. The molecule has 5 rings (SSSR count). The van der Waals surface area contributed by atoms with E-state index in [0.29, 0.717) is 35.2 Å². The van der Waals surface area contributed by atoms with Gasteiger partial charge in [0.15, 0.2) is 5.82 Å². The van der Waals surface area contributed by atoms with Crippen molar-refractivity contribution in [2.45, 2.75) is 20.3 Å². The highest BCUT2D eigenvalue weighted by molar-refractivity contribution is 7.12. The van der Waals surface area contributed by atoms with Gasteiger partial charge in [0.1, 0.15) is 17.2 Å². The molecule has 0 unspecified atom stereocenters. The first-order chi connectivity index (χ1) is 19.7. The zero-order valence-corrected chi connectivity index (χ0v) is 23.8. The van der Waals surface area contributed by atoms with Crippen LogP contribution in [-0.4, -0.2) is 36.8 Å². The van der Waals surface area contributed by atoms with Gasteiger partial charge < -0.3 is 16.8 Å². The third-order valence-electron chi connectivity index (χ3n) is 5.97. The summed E-state index contributed by atoms with van der Waals surface area (Å²) < 4.78 is 3.16. The minimum atomic E-state index is -0.595. The first-order valence-corrected chi connectivity index (χ1v) is 13.6. The van der Waals surface area contributed by atoms with Crippen molar-refractivity contribution >= 4 is 39.8 Å². The van der Waals surface area contributed by atoms with E-state index in [1.807, 2.05) is 62.4 Å². The molecule has 208 valence electrons. The van der Waals surface area contributed by atoms with Crippen LogP contribution in [0.2, 0.25) is 0 Å². The summed E-state index contributed by atoms with van der Waals surface area (Å²) in [7, 11) is 1.67. The number of nitrogen functional groups attached to an aromatic ring is 1. The lowest BCUT2D eigenvalue weighted by molar-refractivity contribution is 0.100. The van der Waals surface area contributed by atoms with Crippen LogP contribution >= 0.6 is 11.3 Å². The van der Waals surface area contributed by atoms with Gasteiger partial charge in [-0.2, -0.15) is 5.10 Å². The lowest BCUT2D eigenvalue weighted by atomic mass is 10.1. The molecule has 1 amide bonds. The van der Waals surface area contributed by atoms with Crippen LogP contribution in [0.15, 0.2) is 72.2 Å². The second-order valence-electron chi connectivity index (χ2n) is 8.82. The Morgan fingerprint density at radius 1 is 1.17 bits per heavy atom. The number of benzene rings is 2. The van der Waals surface area contributed by atoms with Crippen molar-refractivity contribution in [3.63, 3.8) is 0 Å². The largest absolute Gasteiger partial charge is 0.381 e. The molecule has 11 heteroatoms. The standard InChI is InChI=1S/C22H17N3OS.C8H13N5O/c1-3-20-24-19-11-7-8-16(12-13-18-14-23-15(2)27-18)21(19)22(26)25(20)17-9-5-4-6-10-17;1-3-4-11-8-5(7(10)14)6(9)12-13(8)2/h4-11,14H,3H2,1-2H3;3,11H,1,4H2,2H3,(H2,9,12)(H2,10,14). The Morgan fingerprint density at radius 3 is 2.56 bits per heavy atom. The first kappa shape index (κ1) is 28.8. The predicted molar refractivity (Wildman–Crippen MR) is 164 cm³/mol. The van der Waals surface area contributed by atoms with E-state index in [2.05, 4.69) is 33.8 Å². The number of amides is 1.